The fourth-order valence-electron chi connectivity index (χ4n) is 2.12. The molecule has 0 spiro atoms. The van der Waals surface area contributed by atoms with Gasteiger partial charge in [0.1, 0.15) is 12.4 Å². The number of rotatable bonds is 8. The molecule has 0 saturated heterocycles. The van der Waals surface area contributed by atoms with E-state index >= 15 is 0 Å². The number of ether oxygens (including phenoxy) is 1. The van der Waals surface area contributed by atoms with Crippen LogP contribution in [0, 0.1) is 0 Å². The lowest BCUT2D eigenvalue weighted by atomic mass is 10.2. The second kappa shape index (κ2) is 8.83. The Kier molecular flexibility index (Phi) is 6.48. The summed E-state index contributed by atoms with van der Waals surface area (Å²) in [6, 6.07) is 18.0. The zero-order chi connectivity index (χ0) is 16.5. The number of amides is 1. The van der Waals surface area contributed by atoms with Crippen molar-refractivity contribution in [1.29, 1.82) is 0 Å². The molecule has 0 unspecified atom stereocenters. The summed E-state index contributed by atoms with van der Waals surface area (Å²) in [5, 5.41) is 6.10. The molecule has 0 saturated carbocycles. The summed E-state index contributed by atoms with van der Waals surface area (Å²) >= 11 is 0. The molecule has 23 heavy (non-hydrogen) atoms. The van der Waals surface area contributed by atoms with Crippen LogP contribution in [-0.4, -0.2) is 18.5 Å². The largest absolute Gasteiger partial charge is 0.489 e. The summed E-state index contributed by atoms with van der Waals surface area (Å²) in [6.45, 7) is 5.09. The molecule has 122 valence electrons. The van der Waals surface area contributed by atoms with E-state index in [1.54, 1.807) is 0 Å². The molecule has 1 amide bonds. The fourth-order valence-corrected chi connectivity index (χ4v) is 2.12. The van der Waals surface area contributed by atoms with E-state index in [1.807, 2.05) is 68.4 Å². The smallest absolute Gasteiger partial charge is 0.221 e. The highest BCUT2D eigenvalue weighted by atomic mass is 16.5. The lowest BCUT2D eigenvalue weighted by Gasteiger charge is -2.10. The maximum absolute atomic E-state index is 11.5. The lowest BCUT2D eigenvalue weighted by Crippen LogP contribution is -2.31. The third-order valence-electron chi connectivity index (χ3n) is 3.23. The molecule has 2 N–H and O–H groups in total. The number of benzene rings is 2. The molecule has 2 aromatic carbocycles. The lowest BCUT2D eigenvalue weighted by molar-refractivity contribution is -0.121. The number of anilines is 1. The first-order chi connectivity index (χ1) is 11.1. The van der Waals surface area contributed by atoms with Gasteiger partial charge in [-0.2, -0.15) is 0 Å². The monoisotopic (exact) mass is 312 g/mol. The summed E-state index contributed by atoms with van der Waals surface area (Å²) in [4.78, 5) is 11.5. The molecule has 0 aliphatic rings. The van der Waals surface area contributed by atoms with Crippen molar-refractivity contribution in [3.8, 4) is 5.75 Å². The van der Waals surface area contributed by atoms with Crippen molar-refractivity contribution in [2.45, 2.75) is 32.9 Å². The van der Waals surface area contributed by atoms with Gasteiger partial charge in [-0.25, -0.2) is 0 Å². The Morgan fingerprint density at radius 1 is 1.04 bits per heavy atom. The first-order valence-corrected chi connectivity index (χ1v) is 7.93. The van der Waals surface area contributed by atoms with Crippen molar-refractivity contribution in [2.24, 2.45) is 0 Å². The minimum Gasteiger partial charge on any atom is -0.489 e. The van der Waals surface area contributed by atoms with Gasteiger partial charge in [0.2, 0.25) is 5.91 Å². The summed E-state index contributed by atoms with van der Waals surface area (Å²) in [5.41, 5.74) is 2.13. The maximum Gasteiger partial charge on any atom is 0.221 e. The second-order valence-electron chi connectivity index (χ2n) is 5.70. The van der Waals surface area contributed by atoms with Crippen molar-refractivity contribution < 1.29 is 9.53 Å². The van der Waals surface area contributed by atoms with Crippen LogP contribution in [0.3, 0.4) is 0 Å². The van der Waals surface area contributed by atoms with Gasteiger partial charge in [0.05, 0.1) is 0 Å². The molecule has 0 aliphatic heterocycles. The number of nitrogens with one attached hydrogen (secondary N) is 2. The minimum absolute atomic E-state index is 0.0651. The second-order valence-corrected chi connectivity index (χ2v) is 5.70. The Bertz CT molecular complexity index is 595. The quantitative estimate of drug-likeness (QED) is 0.783. The van der Waals surface area contributed by atoms with Gasteiger partial charge in [-0.1, -0.05) is 30.3 Å². The highest BCUT2D eigenvalue weighted by Crippen LogP contribution is 2.17. The van der Waals surface area contributed by atoms with E-state index in [9.17, 15) is 4.79 Å². The minimum atomic E-state index is 0.0651. The number of carbonyl (C=O) groups is 1. The fraction of sp³-hybridized carbons (Fsp3) is 0.316. The van der Waals surface area contributed by atoms with E-state index in [2.05, 4.69) is 10.6 Å². The predicted octanol–water partition coefficient (Wildman–Crippen LogP) is 3.59. The van der Waals surface area contributed by atoms with Gasteiger partial charge in [-0.05, 0) is 43.7 Å². The van der Waals surface area contributed by atoms with Crippen LogP contribution in [0.25, 0.3) is 0 Å². The third kappa shape index (κ3) is 6.43. The van der Waals surface area contributed by atoms with Crippen molar-refractivity contribution in [3.63, 3.8) is 0 Å². The Morgan fingerprint density at radius 3 is 2.39 bits per heavy atom. The van der Waals surface area contributed by atoms with Crippen molar-refractivity contribution in [1.82, 2.24) is 5.32 Å². The van der Waals surface area contributed by atoms with Crippen LogP contribution in [0.1, 0.15) is 25.8 Å². The molecule has 0 aliphatic carbocycles. The molecule has 0 bridgehead atoms. The van der Waals surface area contributed by atoms with Crippen LogP contribution in [0.2, 0.25) is 0 Å². The maximum atomic E-state index is 11.5. The Labute approximate surface area is 137 Å². The zero-order valence-electron chi connectivity index (χ0n) is 13.7. The Morgan fingerprint density at radius 2 is 1.74 bits per heavy atom. The normalized spacial score (nSPS) is 10.4. The summed E-state index contributed by atoms with van der Waals surface area (Å²) in [6.07, 6.45) is 0.463. The molecule has 2 rings (SSSR count). The van der Waals surface area contributed by atoms with E-state index in [0.717, 1.165) is 17.0 Å². The molecule has 0 atom stereocenters. The molecule has 0 fully saturated rings. The molecule has 0 radical (unpaired) electrons. The first kappa shape index (κ1) is 16.9. The molecule has 0 heterocycles. The van der Waals surface area contributed by atoms with Crippen molar-refractivity contribution >= 4 is 11.6 Å². The van der Waals surface area contributed by atoms with Crippen LogP contribution in [0.5, 0.6) is 5.75 Å². The molecular weight excluding hydrogens is 288 g/mol. The average molecular weight is 312 g/mol. The van der Waals surface area contributed by atoms with Gasteiger partial charge in [0, 0.05) is 24.7 Å². The molecule has 2 aromatic rings. The summed E-state index contributed by atoms with van der Waals surface area (Å²) in [7, 11) is 0. The van der Waals surface area contributed by atoms with Crippen LogP contribution >= 0.6 is 0 Å². The standard InChI is InChI=1S/C19H24N2O2/c1-15(2)21-19(22)12-13-20-17-8-10-18(11-9-17)23-14-16-6-4-3-5-7-16/h3-11,15,20H,12-14H2,1-2H3,(H,21,22). The van der Waals surface area contributed by atoms with Crippen LogP contribution < -0.4 is 15.4 Å². The van der Waals surface area contributed by atoms with Crippen molar-refractivity contribution in [2.75, 3.05) is 11.9 Å². The van der Waals surface area contributed by atoms with Gasteiger partial charge in [0.15, 0.2) is 0 Å². The van der Waals surface area contributed by atoms with Crippen molar-refractivity contribution in [3.05, 3.63) is 60.2 Å². The number of hydrogen-bond acceptors (Lipinski definition) is 3. The predicted molar refractivity (Wildman–Crippen MR) is 93.6 cm³/mol. The molecule has 0 aromatic heterocycles. The Hall–Kier alpha value is -2.49. The molecule has 4 nitrogen and oxygen atoms in total. The van der Waals surface area contributed by atoms with Crippen LogP contribution in [-0.2, 0) is 11.4 Å². The molecular formula is C19H24N2O2. The average Bonchev–Trinajstić information content (AvgIpc) is 2.54. The van der Waals surface area contributed by atoms with E-state index in [-0.39, 0.29) is 11.9 Å². The van der Waals surface area contributed by atoms with E-state index in [4.69, 9.17) is 4.74 Å². The SMILES string of the molecule is CC(C)NC(=O)CCNc1ccc(OCc2ccccc2)cc1. The van der Waals surface area contributed by atoms with Crippen LogP contribution in [0.15, 0.2) is 54.6 Å². The van der Waals surface area contributed by atoms with E-state index < -0.39 is 0 Å². The van der Waals surface area contributed by atoms with E-state index in [0.29, 0.717) is 19.6 Å². The highest BCUT2D eigenvalue weighted by Gasteiger charge is 2.02. The Balaban J connectivity index is 1.73. The summed E-state index contributed by atoms with van der Waals surface area (Å²) in [5.74, 6) is 0.896. The number of carbonyl (C=O) groups excluding carboxylic acids is 1. The highest BCUT2D eigenvalue weighted by molar-refractivity contribution is 5.76. The summed E-state index contributed by atoms with van der Waals surface area (Å²) < 4.78 is 5.74. The van der Waals surface area contributed by atoms with Crippen LogP contribution in [0.4, 0.5) is 5.69 Å². The van der Waals surface area contributed by atoms with Gasteiger partial charge in [-0.15, -0.1) is 0 Å². The third-order valence-corrected chi connectivity index (χ3v) is 3.23. The molecule has 4 heteroatoms. The number of hydrogen-bond donors (Lipinski definition) is 2. The van der Waals surface area contributed by atoms with E-state index in [1.165, 1.54) is 0 Å². The topological polar surface area (TPSA) is 50.4 Å². The van der Waals surface area contributed by atoms with Gasteiger partial charge in [-0.3, -0.25) is 4.79 Å². The first-order valence-electron chi connectivity index (χ1n) is 7.93. The van der Waals surface area contributed by atoms with Gasteiger partial charge >= 0.3 is 0 Å². The zero-order valence-corrected chi connectivity index (χ0v) is 13.7. The van der Waals surface area contributed by atoms with Gasteiger partial charge in [0.25, 0.3) is 0 Å². The van der Waals surface area contributed by atoms with Gasteiger partial charge < -0.3 is 15.4 Å².